The zero-order chi connectivity index (χ0) is 12.8. The minimum absolute atomic E-state index is 0.434. The van der Waals surface area contributed by atoms with Crippen molar-refractivity contribution in [2.75, 3.05) is 12.3 Å². The highest BCUT2D eigenvalue weighted by Crippen LogP contribution is 2.53. The van der Waals surface area contributed by atoms with Crippen molar-refractivity contribution in [1.29, 1.82) is 0 Å². The lowest BCUT2D eigenvalue weighted by Gasteiger charge is -2.37. The molecule has 0 amide bonds. The molecule has 1 saturated carbocycles. The summed E-state index contributed by atoms with van der Waals surface area (Å²) in [4.78, 5) is 0. The largest absolute Gasteiger partial charge is 0.104 e. The first-order valence-electron chi connectivity index (χ1n) is 8.14. The van der Waals surface area contributed by atoms with E-state index in [0.717, 1.165) is 17.5 Å². The van der Waals surface area contributed by atoms with Crippen LogP contribution in [0.25, 0.3) is 0 Å². The first kappa shape index (κ1) is 14.6. The predicted molar refractivity (Wildman–Crippen MR) is 84.8 cm³/mol. The molecule has 1 aliphatic carbocycles. The Morgan fingerprint density at radius 2 is 1.67 bits per heavy atom. The van der Waals surface area contributed by atoms with Gasteiger partial charge in [0.15, 0.2) is 0 Å². The summed E-state index contributed by atoms with van der Waals surface area (Å²) >= 11 is 0. The van der Waals surface area contributed by atoms with Crippen LogP contribution in [-0.4, -0.2) is 18.0 Å². The van der Waals surface area contributed by atoms with Crippen LogP contribution in [0.4, 0.5) is 0 Å². The van der Waals surface area contributed by atoms with Crippen molar-refractivity contribution in [2.24, 2.45) is 11.8 Å². The van der Waals surface area contributed by atoms with Crippen LogP contribution in [0.5, 0.6) is 0 Å². The van der Waals surface area contributed by atoms with Gasteiger partial charge in [-0.15, -0.1) is 7.92 Å². The molecule has 1 heterocycles. The third-order valence-corrected chi connectivity index (χ3v) is 8.34. The van der Waals surface area contributed by atoms with E-state index in [-0.39, 0.29) is 0 Å². The molecule has 104 valence electrons. The molecule has 0 aromatic heterocycles. The molecule has 0 unspecified atom stereocenters. The van der Waals surface area contributed by atoms with E-state index in [1.165, 1.54) is 38.5 Å². The summed E-state index contributed by atoms with van der Waals surface area (Å²) in [5, 5.41) is 0. The van der Waals surface area contributed by atoms with Crippen LogP contribution in [0.3, 0.4) is 0 Å². The van der Waals surface area contributed by atoms with E-state index < -0.39 is 0 Å². The fourth-order valence-electron chi connectivity index (χ4n) is 3.69. The maximum atomic E-state index is 2.45. The second-order valence-corrected chi connectivity index (χ2v) is 9.34. The fraction of sp³-hybridized carbons (Fsp3) is 0.882. The highest BCUT2D eigenvalue weighted by molar-refractivity contribution is 7.58. The average molecular weight is 266 g/mol. The molecule has 0 radical (unpaired) electrons. The molecule has 0 spiro atoms. The topological polar surface area (TPSA) is 0 Å². The molecule has 0 nitrogen and oxygen atoms in total. The number of hydrogen-bond donors (Lipinski definition) is 0. The van der Waals surface area contributed by atoms with Gasteiger partial charge in [0.25, 0.3) is 0 Å². The molecule has 0 atom stereocenters. The van der Waals surface area contributed by atoms with Gasteiger partial charge in [-0.3, -0.25) is 0 Å². The third-order valence-electron chi connectivity index (χ3n) is 5.13. The number of allylic oxidation sites excluding steroid dienone is 2. The van der Waals surface area contributed by atoms with Gasteiger partial charge in [0.1, 0.15) is 0 Å². The van der Waals surface area contributed by atoms with Gasteiger partial charge in [-0.1, -0.05) is 19.1 Å². The van der Waals surface area contributed by atoms with Crippen molar-refractivity contribution in [3.8, 4) is 0 Å². The lowest BCUT2D eigenvalue weighted by atomic mass is 9.86. The van der Waals surface area contributed by atoms with Crippen LogP contribution in [-0.2, 0) is 0 Å². The molecule has 0 aromatic carbocycles. The summed E-state index contributed by atoms with van der Waals surface area (Å²) in [5.41, 5.74) is 1.16. The SMILES string of the molecule is C/C=C/CCC1CCC(P2CCC(C)CC2)CC1. The zero-order valence-corrected chi connectivity index (χ0v) is 13.3. The van der Waals surface area contributed by atoms with Crippen LogP contribution < -0.4 is 0 Å². The van der Waals surface area contributed by atoms with Gasteiger partial charge in [-0.05, 0) is 88.1 Å². The van der Waals surface area contributed by atoms with Crippen molar-refractivity contribution in [3.05, 3.63) is 12.2 Å². The smallest absolute Gasteiger partial charge is 0.0209 e. The van der Waals surface area contributed by atoms with Crippen molar-refractivity contribution in [3.63, 3.8) is 0 Å². The molecule has 1 heteroatoms. The third kappa shape index (κ3) is 4.37. The Morgan fingerprint density at radius 3 is 2.28 bits per heavy atom. The molecule has 1 aliphatic heterocycles. The Kier molecular flexibility index (Phi) is 6.22. The van der Waals surface area contributed by atoms with E-state index in [9.17, 15) is 0 Å². The Labute approximate surface area is 115 Å². The number of hydrogen-bond acceptors (Lipinski definition) is 0. The van der Waals surface area contributed by atoms with E-state index in [0.29, 0.717) is 7.92 Å². The second-order valence-electron chi connectivity index (χ2n) is 6.54. The first-order valence-corrected chi connectivity index (χ1v) is 9.93. The van der Waals surface area contributed by atoms with E-state index in [4.69, 9.17) is 0 Å². The van der Waals surface area contributed by atoms with Crippen LogP contribution in [0, 0.1) is 11.8 Å². The Morgan fingerprint density at radius 1 is 1.00 bits per heavy atom. The van der Waals surface area contributed by atoms with Gasteiger partial charge >= 0.3 is 0 Å². The monoisotopic (exact) mass is 266 g/mol. The molecular weight excluding hydrogens is 235 g/mol. The van der Waals surface area contributed by atoms with Crippen LogP contribution in [0.15, 0.2) is 12.2 Å². The van der Waals surface area contributed by atoms with E-state index in [1.807, 2.05) is 0 Å². The lowest BCUT2D eigenvalue weighted by molar-refractivity contribution is 0.343. The summed E-state index contributed by atoms with van der Waals surface area (Å²) in [6.45, 7) is 4.59. The summed E-state index contributed by atoms with van der Waals surface area (Å²) < 4.78 is 0. The molecule has 2 fully saturated rings. The van der Waals surface area contributed by atoms with Gasteiger partial charge < -0.3 is 0 Å². The molecule has 2 rings (SSSR count). The predicted octanol–water partition coefficient (Wildman–Crippen LogP) is 5.81. The maximum absolute atomic E-state index is 2.45. The van der Waals surface area contributed by atoms with Crippen LogP contribution >= 0.6 is 7.92 Å². The Bertz CT molecular complexity index is 242. The first-order chi connectivity index (χ1) is 8.79. The van der Waals surface area contributed by atoms with Crippen molar-refractivity contribution < 1.29 is 0 Å². The fourth-order valence-corrected chi connectivity index (χ4v) is 7.22. The highest BCUT2D eigenvalue weighted by Gasteiger charge is 2.29. The molecule has 0 aromatic rings. The second kappa shape index (κ2) is 7.68. The number of rotatable bonds is 4. The summed E-state index contributed by atoms with van der Waals surface area (Å²) in [6.07, 6.45) is 19.8. The quantitative estimate of drug-likeness (QED) is 0.444. The lowest BCUT2D eigenvalue weighted by Crippen LogP contribution is -2.22. The van der Waals surface area contributed by atoms with Gasteiger partial charge in [0.05, 0.1) is 0 Å². The summed E-state index contributed by atoms with van der Waals surface area (Å²) in [5.74, 6) is 2.08. The maximum Gasteiger partial charge on any atom is -0.0209 e. The normalized spacial score (nSPS) is 38.1. The van der Waals surface area contributed by atoms with Crippen LogP contribution in [0.1, 0.15) is 65.2 Å². The molecule has 0 N–H and O–H groups in total. The van der Waals surface area contributed by atoms with E-state index in [2.05, 4.69) is 26.0 Å². The van der Waals surface area contributed by atoms with E-state index in [1.54, 1.807) is 25.2 Å². The Balaban J connectivity index is 1.66. The van der Waals surface area contributed by atoms with Gasteiger partial charge in [-0.25, -0.2) is 0 Å². The molecular formula is C17H31P. The van der Waals surface area contributed by atoms with Crippen LogP contribution in [0.2, 0.25) is 0 Å². The summed E-state index contributed by atoms with van der Waals surface area (Å²) in [6, 6.07) is 0. The average Bonchev–Trinajstić information content (AvgIpc) is 2.41. The van der Waals surface area contributed by atoms with Gasteiger partial charge in [-0.2, -0.15) is 0 Å². The summed E-state index contributed by atoms with van der Waals surface area (Å²) in [7, 11) is 0.434. The zero-order valence-electron chi connectivity index (χ0n) is 12.4. The van der Waals surface area contributed by atoms with E-state index >= 15 is 0 Å². The standard InChI is InChI=1S/C17H31P/c1-3-4-5-6-16-7-9-17(10-8-16)18-13-11-15(2)12-14-18/h3-4,15-17H,5-14H2,1-2H3/b4-3+. The van der Waals surface area contributed by atoms with Crippen molar-refractivity contribution in [1.82, 2.24) is 0 Å². The highest BCUT2D eigenvalue weighted by atomic mass is 31.1. The Hall–Kier alpha value is 0.170. The van der Waals surface area contributed by atoms with Crippen molar-refractivity contribution >= 4 is 7.92 Å². The van der Waals surface area contributed by atoms with Gasteiger partial charge in [0.2, 0.25) is 0 Å². The van der Waals surface area contributed by atoms with Crippen molar-refractivity contribution in [2.45, 2.75) is 70.9 Å². The molecule has 2 aliphatic rings. The molecule has 0 bridgehead atoms. The minimum atomic E-state index is 0.434. The minimum Gasteiger partial charge on any atom is -0.104 e. The molecule has 1 saturated heterocycles. The molecule has 18 heavy (non-hydrogen) atoms. The van der Waals surface area contributed by atoms with Gasteiger partial charge in [0, 0.05) is 0 Å².